The number of ketones is 1. The molecule has 1 aromatic carbocycles. The van der Waals surface area contributed by atoms with Gasteiger partial charge in [0.1, 0.15) is 0 Å². The third-order valence-corrected chi connectivity index (χ3v) is 4.13. The molecule has 2 N–H and O–H groups in total. The van der Waals surface area contributed by atoms with Gasteiger partial charge in [0.15, 0.2) is 10.9 Å². The lowest BCUT2D eigenvalue weighted by atomic mass is 10.1. The monoisotopic (exact) mass is 345 g/mol. The van der Waals surface area contributed by atoms with E-state index in [1.165, 1.54) is 13.0 Å². The van der Waals surface area contributed by atoms with Crippen molar-refractivity contribution in [1.29, 1.82) is 0 Å². The molecular weight excluding hydrogens is 326 g/mol. The van der Waals surface area contributed by atoms with Gasteiger partial charge < -0.3 is 10.3 Å². The zero-order valence-electron chi connectivity index (χ0n) is 13.8. The highest BCUT2D eigenvalue weighted by molar-refractivity contribution is 7.99. The van der Waals surface area contributed by atoms with Gasteiger partial charge in [-0.3, -0.25) is 14.4 Å². The fourth-order valence-electron chi connectivity index (χ4n) is 2.04. The minimum Gasteiger partial charge on any atom is -0.325 e. The molecule has 7 heteroatoms. The lowest BCUT2D eigenvalue weighted by Crippen LogP contribution is -2.17. The van der Waals surface area contributed by atoms with E-state index in [1.807, 2.05) is 13.8 Å². The maximum Gasteiger partial charge on any atom is 0.251 e. The number of thioether (sulfide) groups is 1. The standard InChI is InChI=1S/C17H19N3O3S/c1-10(2)14-8-15(22)20-17(19-14)24-9-16(23)18-13-7-5-4-6-12(13)11(3)21/h4-8,10H,9H2,1-3H3,(H,18,23)(H,19,20,22). The number of amides is 1. The topological polar surface area (TPSA) is 91.9 Å². The molecule has 0 aliphatic carbocycles. The molecule has 0 aliphatic rings. The first-order valence-electron chi connectivity index (χ1n) is 7.50. The van der Waals surface area contributed by atoms with E-state index < -0.39 is 0 Å². The van der Waals surface area contributed by atoms with Crippen LogP contribution in [-0.2, 0) is 4.79 Å². The fourth-order valence-corrected chi connectivity index (χ4v) is 2.72. The van der Waals surface area contributed by atoms with Crippen molar-refractivity contribution in [3.05, 3.63) is 51.9 Å². The van der Waals surface area contributed by atoms with Gasteiger partial charge in [-0.05, 0) is 25.0 Å². The minimum atomic E-state index is -0.272. The lowest BCUT2D eigenvalue weighted by Gasteiger charge is -2.09. The number of para-hydroxylation sites is 1. The molecule has 1 amide bonds. The maximum atomic E-state index is 12.1. The highest BCUT2D eigenvalue weighted by atomic mass is 32.2. The van der Waals surface area contributed by atoms with Crippen LogP contribution in [0.1, 0.15) is 42.7 Å². The Morgan fingerprint density at radius 3 is 2.67 bits per heavy atom. The van der Waals surface area contributed by atoms with Crippen molar-refractivity contribution in [2.24, 2.45) is 0 Å². The fraction of sp³-hybridized carbons (Fsp3) is 0.294. The first-order valence-corrected chi connectivity index (χ1v) is 8.49. The summed E-state index contributed by atoms with van der Waals surface area (Å²) in [6.45, 7) is 5.34. The lowest BCUT2D eigenvalue weighted by molar-refractivity contribution is -0.113. The second-order valence-corrected chi connectivity index (χ2v) is 6.53. The Kier molecular flexibility index (Phi) is 5.92. The highest BCUT2D eigenvalue weighted by Crippen LogP contribution is 2.18. The van der Waals surface area contributed by atoms with Gasteiger partial charge in [0.05, 0.1) is 17.1 Å². The van der Waals surface area contributed by atoms with Crippen LogP contribution in [-0.4, -0.2) is 27.4 Å². The molecule has 2 aromatic rings. The summed E-state index contributed by atoms with van der Waals surface area (Å²) in [6.07, 6.45) is 0. The number of H-pyrrole nitrogens is 1. The predicted octanol–water partition coefficient (Wildman–Crippen LogP) is 2.83. The zero-order chi connectivity index (χ0) is 17.7. The first-order chi connectivity index (χ1) is 11.4. The maximum absolute atomic E-state index is 12.1. The van der Waals surface area contributed by atoms with Gasteiger partial charge in [-0.15, -0.1) is 0 Å². The smallest absolute Gasteiger partial charge is 0.251 e. The van der Waals surface area contributed by atoms with Crippen molar-refractivity contribution in [1.82, 2.24) is 9.97 Å². The van der Waals surface area contributed by atoms with Crippen LogP contribution in [0.3, 0.4) is 0 Å². The number of carbonyl (C=O) groups excluding carboxylic acids is 2. The van der Waals surface area contributed by atoms with Gasteiger partial charge in [-0.25, -0.2) is 4.98 Å². The van der Waals surface area contributed by atoms with Crippen molar-refractivity contribution in [3.63, 3.8) is 0 Å². The largest absolute Gasteiger partial charge is 0.325 e. The van der Waals surface area contributed by atoms with E-state index in [2.05, 4.69) is 15.3 Å². The molecule has 1 heterocycles. The number of carbonyl (C=O) groups is 2. The van der Waals surface area contributed by atoms with Gasteiger partial charge in [-0.1, -0.05) is 37.7 Å². The van der Waals surface area contributed by atoms with Gasteiger partial charge >= 0.3 is 0 Å². The minimum absolute atomic E-state index is 0.0801. The third kappa shape index (κ3) is 4.79. The molecule has 2 rings (SSSR count). The van der Waals surface area contributed by atoms with Gasteiger partial charge in [0.25, 0.3) is 5.56 Å². The van der Waals surface area contributed by atoms with Crippen molar-refractivity contribution >= 4 is 29.1 Å². The Morgan fingerprint density at radius 1 is 1.29 bits per heavy atom. The molecule has 0 aliphatic heterocycles. The van der Waals surface area contributed by atoms with Gasteiger partial charge in [-0.2, -0.15) is 0 Å². The van der Waals surface area contributed by atoms with E-state index in [4.69, 9.17) is 0 Å². The Balaban J connectivity index is 2.04. The van der Waals surface area contributed by atoms with Crippen LogP contribution >= 0.6 is 11.8 Å². The molecule has 0 unspecified atom stereocenters. The molecule has 0 radical (unpaired) electrons. The van der Waals surface area contributed by atoms with E-state index >= 15 is 0 Å². The van der Waals surface area contributed by atoms with Crippen molar-refractivity contribution in [2.75, 3.05) is 11.1 Å². The summed E-state index contributed by atoms with van der Waals surface area (Å²) in [5.41, 5.74) is 1.39. The van der Waals surface area contributed by atoms with Crippen molar-refractivity contribution in [3.8, 4) is 0 Å². The molecule has 0 bridgehead atoms. The van der Waals surface area contributed by atoms with Crippen LogP contribution in [0.5, 0.6) is 0 Å². The van der Waals surface area contributed by atoms with E-state index in [1.54, 1.807) is 24.3 Å². The number of benzene rings is 1. The highest BCUT2D eigenvalue weighted by Gasteiger charge is 2.11. The molecule has 24 heavy (non-hydrogen) atoms. The van der Waals surface area contributed by atoms with Crippen molar-refractivity contribution in [2.45, 2.75) is 31.8 Å². The molecule has 0 fully saturated rings. The number of nitrogens with zero attached hydrogens (tertiary/aromatic N) is 1. The number of hydrogen-bond acceptors (Lipinski definition) is 5. The van der Waals surface area contributed by atoms with Crippen LogP contribution in [0.25, 0.3) is 0 Å². The van der Waals surface area contributed by atoms with Crippen molar-refractivity contribution < 1.29 is 9.59 Å². The molecule has 0 spiro atoms. The molecule has 1 aromatic heterocycles. The summed E-state index contributed by atoms with van der Waals surface area (Å²) in [6, 6.07) is 8.29. The quantitative estimate of drug-likeness (QED) is 0.477. The van der Waals surface area contributed by atoms with Crippen LogP contribution in [0.15, 0.2) is 40.3 Å². The number of hydrogen-bond donors (Lipinski definition) is 2. The van der Waals surface area contributed by atoms with Gasteiger partial charge in [0.2, 0.25) is 5.91 Å². The molecule has 0 saturated carbocycles. The van der Waals surface area contributed by atoms with E-state index in [9.17, 15) is 14.4 Å². The second-order valence-electron chi connectivity index (χ2n) is 5.57. The molecule has 126 valence electrons. The summed E-state index contributed by atoms with van der Waals surface area (Å²) in [4.78, 5) is 42.2. The third-order valence-electron chi connectivity index (χ3n) is 3.25. The van der Waals surface area contributed by atoms with E-state index in [0.717, 1.165) is 11.8 Å². The average Bonchev–Trinajstić information content (AvgIpc) is 2.52. The number of aromatic nitrogens is 2. The number of Topliss-reactive ketones (excluding diaryl/α,β-unsaturated/α-hetero) is 1. The summed E-state index contributed by atoms with van der Waals surface area (Å²) >= 11 is 1.14. The molecule has 0 atom stereocenters. The second kappa shape index (κ2) is 7.92. The van der Waals surface area contributed by atoms with Crippen LogP contribution < -0.4 is 10.9 Å². The number of aromatic amines is 1. The van der Waals surface area contributed by atoms with Gasteiger partial charge in [0, 0.05) is 11.6 Å². The number of nitrogens with one attached hydrogen (secondary N) is 2. The summed E-state index contributed by atoms with van der Waals surface area (Å²) < 4.78 is 0. The average molecular weight is 345 g/mol. The summed E-state index contributed by atoms with van der Waals surface area (Å²) in [5, 5.41) is 3.12. The zero-order valence-corrected chi connectivity index (χ0v) is 14.6. The Labute approximate surface area is 144 Å². The Morgan fingerprint density at radius 2 is 2.00 bits per heavy atom. The van der Waals surface area contributed by atoms with Crippen LogP contribution in [0.4, 0.5) is 5.69 Å². The SMILES string of the molecule is CC(=O)c1ccccc1NC(=O)CSc1nc(C(C)C)cc(=O)[nH]1. The number of anilines is 1. The van der Waals surface area contributed by atoms with Crippen LogP contribution in [0.2, 0.25) is 0 Å². The summed E-state index contributed by atoms with van der Waals surface area (Å²) in [7, 11) is 0. The summed E-state index contributed by atoms with van der Waals surface area (Å²) in [5.74, 6) is -0.181. The molecule has 0 saturated heterocycles. The molecule has 6 nitrogen and oxygen atoms in total. The number of rotatable bonds is 6. The van der Waals surface area contributed by atoms with E-state index in [-0.39, 0.29) is 28.9 Å². The Hall–Kier alpha value is -2.41. The Bertz CT molecular complexity index is 815. The molecular formula is C17H19N3O3S. The predicted molar refractivity (Wildman–Crippen MR) is 94.7 cm³/mol. The van der Waals surface area contributed by atoms with Crippen LogP contribution in [0, 0.1) is 0 Å². The first kappa shape index (κ1) is 17.9. The normalized spacial score (nSPS) is 10.7. The van der Waals surface area contributed by atoms with E-state index in [0.29, 0.717) is 22.1 Å².